The summed E-state index contributed by atoms with van der Waals surface area (Å²) >= 11 is 1.29. The molecule has 1 aliphatic rings. The van der Waals surface area contributed by atoms with E-state index in [2.05, 4.69) is 16.9 Å². The Labute approximate surface area is 207 Å². The van der Waals surface area contributed by atoms with Gasteiger partial charge in [-0.1, -0.05) is 61.9 Å². The number of hydrogen-bond donors (Lipinski definition) is 2. The second-order valence-electron chi connectivity index (χ2n) is 8.85. The molecular weight excluding hydrogens is 458 g/mol. The Morgan fingerprint density at radius 1 is 1.11 bits per heavy atom. The molecule has 1 unspecified atom stereocenters. The van der Waals surface area contributed by atoms with Crippen LogP contribution in [0.4, 0.5) is 0 Å². The molecule has 2 N–H and O–H groups in total. The van der Waals surface area contributed by atoms with Gasteiger partial charge in [-0.25, -0.2) is 4.98 Å². The second kappa shape index (κ2) is 9.15. The molecule has 0 aliphatic carbocycles. The largest absolute Gasteiger partial charge is 0.503 e. The van der Waals surface area contributed by atoms with Crippen LogP contribution < -0.4 is 0 Å². The molecule has 1 aliphatic heterocycles. The Bertz CT molecular complexity index is 1470. The summed E-state index contributed by atoms with van der Waals surface area (Å²) < 4.78 is 0. The number of H-pyrrole nitrogens is 1. The summed E-state index contributed by atoms with van der Waals surface area (Å²) in [5, 5.41) is 12.7. The number of unbranched alkanes of at least 4 members (excludes halogenated alkanes) is 1. The number of thiazole rings is 1. The van der Waals surface area contributed by atoms with Crippen LogP contribution in [0.15, 0.2) is 65.9 Å². The topological polar surface area (TPSA) is 86.3 Å². The predicted octanol–water partition coefficient (Wildman–Crippen LogP) is 6.29. The van der Waals surface area contributed by atoms with Crippen molar-refractivity contribution in [2.75, 3.05) is 6.54 Å². The van der Waals surface area contributed by atoms with Crippen molar-refractivity contribution in [1.82, 2.24) is 14.9 Å². The first-order valence-corrected chi connectivity index (χ1v) is 12.6. The fourth-order valence-corrected chi connectivity index (χ4v) is 5.85. The third kappa shape index (κ3) is 3.86. The number of ketones is 1. The molecule has 0 saturated heterocycles. The molecule has 1 atom stereocenters. The lowest BCUT2D eigenvalue weighted by molar-refractivity contribution is -0.129. The van der Waals surface area contributed by atoms with Crippen LogP contribution in [0.3, 0.4) is 0 Å². The van der Waals surface area contributed by atoms with Crippen LogP contribution in [0.5, 0.6) is 0 Å². The minimum Gasteiger partial charge on any atom is -0.503 e. The molecule has 7 heteroatoms. The molecule has 3 heterocycles. The van der Waals surface area contributed by atoms with E-state index in [1.807, 2.05) is 61.5 Å². The maximum absolute atomic E-state index is 14.0. The number of aromatic amines is 1. The number of rotatable bonds is 7. The van der Waals surface area contributed by atoms with Gasteiger partial charge in [-0.3, -0.25) is 9.59 Å². The average Bonchev–Trinajstić information content (AvgIpc) is 3.49. The van der Waals surface area contributed by atoms with Gasteiger partial charge in [0.1, 0.15) is 5.01 Å². The Morgan fingerprint density at radius 3 is 2.57 bits per heavy atom. The quantitative estimate of drug-likeness (QED) is 0.301. The van der Waals surface area contributed by atoms with E-state index >= 15 is 0 Å². The van der Waals surface area contributed by atoms with Gasteiger partial charge in [0.15, 0.2) is 5.76 Å². The van der Waals surface area contributed by atoms with Gasteiger partial charge >= 0.3 is 0 Å². The smallest absolute Gasteiger partial charge is 0.290 e. The summed E-state index contributed by atoms with van der Waals surface area (Å²) in [4.78, 5) is 37.4. The van der Waals surface area contributed by atoms with Crippen LogP contribution >= 0.6 is 11.3 Å². The number of aromatic nitrogens is 2. The molecule has 0 saturated carbocycles. The minimum atomic E-state index is -0.667. The zero-order valence-electron chi connectivity index (χ0n) is 20.0. The van der Waals surface area contributed by atoms with Crippen LogP contribution in [0.25, 0.3) is 21.5 Å². The van der Waals surface area contributed by atoms with E-state index < -0.39 is 17.7 Å². The zero-order chi connectivity index (χ0) is 24.7. The molecule has 0 bridgehead atoms. The summed E-state index contributed by atoms with van der Waals surface area (Å²) in [6.45, 7) is 6.25. The average molecular weight is 486 g/mol. The number of hydrogen-bond acceptors (Lipinski definition) is 5. The van der Waals surface area contributed by atoms with Gasteiger partial charge in [0.2, 0.25) is 5.78 Å². The highest BCUT2D eigenvalue weighted by Crippen LogP contribution is 2.44. The van der Waals surface area contributed by atoms with Crippen molar-refractivity contribution in [3.63, 3.8) is 0 Å². The summed E-state index contributed by atoms with van der Waals surface area (Å²) in [6.07, 6.45) is 1.66. The number of aliphatic hydroxyl groups excluding tert-OH is 1. The maximum Gasteiger partial charge on any atom is 0.290 e. The highest BCUT2D eigenvalue weighted by Gasteiger charge is 2.45. The second-order valence-corrected chi connectivity index (χ2v) is 9.85. The molecule has 0 spiro atoms. The van der Waals surface area contributed by atoms with Gasteiger partial charge in [-0.2, -0.15) is 0 Å². The fraction of sp³-hybridized carbons (Fsp3) is 0.250. The molecule has 2 aromatic carbocycles. The van der Waals surface area contributed by atoms with Crippen LogP contribution in [0, 0.1) is 13.8 Å². The molecule has 2 aromatic heterocycles. The van der Waals surface area contributed by atoms with E-state index in [1.165, 1.54) is 11.3 Å². The van der Waals surface area contributed by atoms with Gasteiger partial charge in [0.05, 0.1) is 22.2 Å². The Morgan fingerprint density at radius 2 is 1.83 bits per heavy atom. The van der Waals surface area contributed by atoms with Gasteiger partial charge in [0, 0.05) is 34.3 Å². The highest BCUT2D eigenvalue weighted by atomic mass is 32.1. The molecule has 0 radical (unpaired) electrons. The van der Waals surface area contributed by atoms with Crippen molar-refractivity contribution in [3.8, 4) is 10.6 Å². The van der Waals surface area contributed by atoms with Gasteiger partial charge in [-0.05, 0) is 26.3 Å². The lowest BCUT2D eigenvalue weighted by Gasteiger charge is -2.27. The Kier molecular flexibility index (Phi) is 6.03. The molecule has 35 heavy (non-hydrogen) atoms. The number of aliphatic hydroxyl groups is 1. The van der Waals surface area contributed by atoms with E-state index in [-0.39, 0.29) is 11.4 Å². The van der Waals surface area contributed by atoms with Crippen molar-refractivity contribution >= 4 is 33.9 Å². The summed E-state index contributed by atoms with van der Waals surface area (Å²) in [5.74, 6) is -1.31. The number of nitrogens with one attached hydrogen (secondary N) is 1. The number of fused-ring (bicyclic) bond motifs is 1. The molecule has 4 aromatic rings. The fourth-order valence-electron chi connectivity index (χ4n) is 4.83. The van der Waals surface area contributed by atoms with Gasteiger partial charge in [0.25, 0.3) is 5.91 Å². The number of Topliss-reactive ketones (excluding diaryl/α,β-unsaturated/α-hetero) is 1. The number of para-hydroxylation sites is 1. The number of aryl methyl sites for hydroxylation is 2. The van der Waals surface area contributed by atoms with E-state index in [4.69, 9.17) is 0 Å². The maximum atomic E-state index is 14.0. The Balaban J connectivity index is 1.65. The SMILES string of the molecule is CCCCN1C(=O)C(O)=C(C(=O)c2sc(-c3ccccc3)nc2C)C1c1c(C)[nH]c2ccccc12. The lowest BCUT2D eigenvalue weighted by Crippen LogP contribution is -2.32. The number of carbonyl (C=O) groups excluding carboxylic acids is 2. The third-order valence-corrected chi connectivity index (χ3v) is 7.75. The van der Waals surface area contributed by atoms with Crippen LogP contribution in [-0.2, 0) is 4.79 Å². The van der Waals surface area contributed by atoms with E-state index in [1.54, 1.807) is 11.8 Å². The first-order valence-electron chi connectivity index (χ1n) is 11.8. The minimum absolute atomic E-state index is 0.130. The monoisotopic (exact) mass is 485 g/mol. The highest BCUT2D eigenvalue weighted by molar-refractivity contribution is 7.17. The first-order chi connectivity index (χ1) is 16.9. The molecular formula is C28H27N3O3S. The molecule has 5 rings (SSSR count). The summed E-state index contributed by atoms with van der Waals surface area (Å²) in [5.41, 5.74) is 4.30. The molecule has 178 valence electrons. The Hall–Kier alpha value is -3.71. The number of benzene rings is 2. The molecule has 6 nitrogen and oxygen atoms in total. The number of amides is 1. The normalized spacial score (nSPS) is 16.0. The summed E-state index contributed by atoms with van der Waals surface area (Å²) in [6, 6.07) is 16.9. The lowest BCUT2D eigenvalue weighted by atomic mass is 9.93. The standard InChI is InChI=1S/C28H27N3O3S/c1-4-5-15-31-23(21-16(2)29-20-14-10-9-13-19(20)21)22(25(33)28(31)34)24(32)26-17(3)30-27(35-26)18-11-7-6-8-12-18/h6-14,23,29,33H,4-5,15H2,1-3H3. The van der Waals surface area contributed by atoms with Crippen molar-refractivity contribution in [1.29, 1.82) is 0 Å². The van der Waals surface area contributed by atoms with E-state index in [9.17, 15) is 14.7 Å². The van der Waals surface area contributed by atoms with Crippen molar-refractivity contribution in [3.05, 3.63) is 87.8 Å². The van der Waals surface area contributed by atoms with Crippen LogP contribution in [-0.4, -0.2) is 38.2 Å². The molecule has 0 fully saturated rings. The van der Waals surface area contributed by atoms with Crippen molar-refractivity contribution in [2.45, 2.75) is 39.7 Å². The third-order valence-electron chi connectivity index (χ3n) is 6.54. The predicted molar refractivity (Wildman–Crippen MR) is 139 cm³/mol. The molecule has 1 amide bonds. The van der Waals surface area contributed by atoms with Crippen molar-refractivity contribution in [2.24, 2.45) is 0 Å². The van der Waals surface area contributed by atoms with Crippen LogP contribution in [0.2, 0.25) is 0 Å². The first kappa shape index (κ1) is 23.1. The van der Waals surface area contributed by atoms with Gasteiger partial charge < -0.3 is 15.0 Å². The van der Waals surface area contributed by atoms with E-state index in [0.29, 0.717) is 17.1 Å². The van der Waals surface area contributed by atoms with E-state index in [0.717, 1.165) is 45.6 Å². The zero-order valence-corrected chi connectivity index (χ0v) is 20.8. The summed E-state index contributed by atoms with van der Waals surface area (Å²) in [7, 11) is 0. The van der Waals surface area contributed by atoms with Crippen molar-refractivity contribution < 1.29 is 14.7 Å². The van der Waals surface area contributed by atoms with Gasteiger partial charge in [-0.15, -0.1) is 11.3 Å². The number of nitrogens with zero attached hydrogens (tertiary/aromatic N) is 2. The van der Waals surface area contributed by atoms with Crippen LogP contribution in [0.1, 0.15) is 52.4 Å². The number of carbonyl (C=O) groups is 2.